The van der Waals surface area contributed by atoms with Gasteiger partial charge in [-0.3, -0.25) is 10.1 Å². The zero-order valence-corrected chi connectivity index (χ0v) is 8.47. The van der Waals surface area contributed by atoms with Crippen molar-refractivity contribution < 1.29 is 4.79 Å². The number of carbonyl (C=O) groups excluding carboxylic acids is 1. The molecule has 1 aromatic heterocycles. The lowest BCUT2D eigenvalue weighted by Crippen LogP contribution is -2.31. The van der Waals surface area contributed by atoms with E-state index in [-0.39, 0.29) is 11.9 Å². The zero-order valence-electron chi connectivity index (χ0n) is 7.65. The van der Waals surface area contributed by atoms with Crippen molar-refractivity contribution >= 4 is 23.2 Å². The Kier molecular flexibility index (Phi) is 2.20. The van der Waals surface area contributed by atoms with Crippen LogP contribution in [-0.4, -0.2) is 16.9 Å². The van der Waals surface area contributed by atoms with E-state index in [0.717, 1.165) is 11.4 Å². The van der Waals surface area contributed by atoms with E-state index >= 15 is 0 Å². The maximum Gasteiger partial charge on any atom is 0.257 e. The molecule has 0 spiro atoms. The molecule has 0 aliphatic carbocycles. The van der Waals surface area contributed by atoms with Crippen LogP contribution in [0.1, 0.15) is 23.7 Å². The molecule has 3 N–H and O–H groups in total. The van der Waals surface area contributed by atoms with Gasteiger partial charge in [-0.2, -0.15) is 0 Å². The smallest absolute Gasteiger partial charge is 0.257 e. The number of nitrogens with zero attached hydrogens (tertiary/aromatic N) is 2. The van der Waals surface area contributed by atoms with E-state index in [2.05, 4.69) is 15.3 Å². The monoisotopic (exact) mass is 210 g/mol. The highest BCUT2D eigenvalue weighted by atomic mass is 32.1. The van der Waals surface area contributed by atoms with Crippen molar-refractivity contribution in [3.05, 3.63) is 16.1 Å². The van der Waals surface area contributed by atoms with E-state index in [1.807, 2.05) is 12.3 Å². The van der Waals surface area contributed by atoms with Crippen molar-refractivity contribution in [2.45, 2.75) is 19.4 Å². The number of hydrogen-bond donors (Lipinski definition) is 2. The van der Waals surface area contributed by atoms with Crippen molar-refractivity contribution in [1.82, 2.24) is 10.3 Å². The highest BCUT2D eigenvalue weighted by Gasteiger charge is 2.28. The number of aryl methyl sites for hydroxylation is 1. The molecule has 1 aromatic rings. The first-order valence-electron chi connectivity index (χ1n) is 4.29. The second kappa shape index (κ2) is 3.38. The molecular formula is C8H10N4OS. The molecule has 1 aliphatic rings. The van der Waals surface area contributed by atoms with E-state index in [1.54, 1.807) is 0 Å². The molecule has 1 amide bonds. The number of aromatic nitrogens is 1. The maximum absolute atomic E-state index is 11.3. The van der Waals surface area contributed by atoms with Gasteiger partial charge in [0.15, 0.2) is 12.0 Å². The van der Waals surface area contributed by atoms with Crippen LogP contribution in [-0.2, 0) is 11.2 Å². The predicted octanol–water partition coefficient (Wildman–Crippen LogP) is 0.191. The number of aliphatic imine (C=N–C) groups is 1. The molecule has 5 nitrogen and oxygen atoms in total. The molecule has 1 aliphatic heterocycles. The second-order valence-electron chi connectivity index (χ2n) is 2.93. The van der Waals surface area contributed by atoms with Gasteiger partial charge in [-0.05, 0) is 6.42 Å². The van der Waals surface area contributed by atoms with E-state index < -0.39 is 6.04 Å². The zero-order chi connectivity index (χ0) is 10.1. The van der Waals surface area contributed by atoms with E-state index in [9.17, 15) is 4.79 Å². The molecular weight excluding hydrogens is 200 g/mol. The first-order chi connectivity index (χ1) is 6.70. The van der Waals surface area contributed by atoms with E-state index in [1.165, 1.54) is 11.3 Å². The Labute approximate surface area is 85.1 Å². The Bertz CT molecular complexity index is 398. The van der Waals surface area contributed by atoms with Gasteiger partial charge in [-0.15, -0.1) is 11.3 Å². The summed E-state index contributed by atoms with van der Waals surface area (Å²) >= 11 is 1.54. The summed E-state index contributed by atoms with van der Waals surface area (Å²) in [7, 11) is 0. The van der Waals surface area contributed by atoms with Crippen molar-refractivity contribution in [3.63, 3.8) is 0 Å². The normalized spacial score (nSPS) is 20.8. The fourth-order valence-corrected chi connectivity index (χ4v) is 2.00. The highest BCUT2D eigenvalue weighted by molar-refractivity contribution is 7.09. The minimum atomic E-state index is -0.549. The first kappa shape index (κ1) is 9.14. The lowest BCUT2D eigenvalue weighted by molar-refractivity contribution is -0.120. The largest absolute Gasteiger partial charge is 0.370 e. The Morgan fingerprint density at radius 1 is 1.71 bits per heavy atom. The third-order valence-electron chi connectivity index (χ3n) is 1.92. The van der Waals surface area contributed by atoms with Crippen LogP contribution >= 0.6 is 11.3 Å². The van der Waals surface area contributed by atoms with Gasteiger partial charge in [0, 0.05) is 5.38 Å². The summed E-state index contributed by atoms with van der Waals surface area (Å²) in [4.78, 5) is 19.6. The molecule has 0 fully saturated rings. The molecule has 0 saturated heterocycles. The summed E-state index contributed by atoms with van der Waals surface area (Å²) < 4.78 is 0. The Morgan fingerprint density at radius 2 is 2.50 bits per heavy atom. The molecule has 1 unspecified atom stereocenters. The second-order valence-corrected chi connectivity index (χ2v) is 3.87. The van der Waals surface area contributed by atoms with Gasteiger partial charge in [0.2, 0.25) is 0 Å². The lowest BCUT2D eigenvalue weighted by atomic mass is 10.2. The van der Waals surface area contributed by atoms with Gasteiger partial charge in [0.25, 0.3) is 5.91 Å². The van der Waals surface area contributed by atoms with Crippen LogP contribution in [0.3, 0.4) is 0 Å². The summed E-state index contributed by atoms with van der Waals surface area (Å²) in [5.74, 6) is -0.0264. The molecule has 0 bridgehead atoms. The summed E-state index contributed by atoms with van der Waals surface area (Å²) in [6, 6.07) is -0.549. The number of hydrogen-bond acceptors (Lipinski definition) is 5. The Hall–Kier alpha value is -1.43. The highest BCUT2D eigenvalue weighted by Crippen LogP contribution is 2.22. The molecule has 0 radical (unpaired) electrons. The number of guanidine groups is 1. The van der Waals surface area contributed by atoms with Crippen LogP contribution in [0.2, 0.25) is 0 Å². The number of nitrogens with two attached hydrogens (primary N) is 1. The summed E-state index contributed by atoms with van der Waals surface area (Å²) in [6.07, 6.45) is 0.873. The third kappa shape index (κ3) is 1.48. The van der Waals surface area contributed by atoms with Gasteiger partial charge >= 0.3 is 0 Å². The van der Waals surface area contributed by atoms with Crippen molar-refractivity contribution in [3.8, 4) is 0 Å². The van der Waals surface area contributed by atoms with E-state index in [4.69, 9.17) is 5.73 Å². The van der Waals surface area contributed by atoms with Crippen molar-refractivity contribution in [2.75, 3.05) is 0 Å². The standard InChI is InChI=1S/C8H10N4OS/c1-2-5-10-4(3-14-5)6-7(13)12-8(9)11-6/h3,6H,2H2,1H3,(H3,9,11,12,13). The predicted molar refractivity (Wildman–Crippen MR) is 54.0 cm³/mol. The average Bonchev–Trinajstić information content (AvgIpc) is 2.71. The minimum absolute atomic E-state index is 0.172. The summed E-state index contributed by atoms with van der Waals surface area (Å²) in [5, 5.41) is 5.31. The van der Waals surface area contributed by atoms with Crippen LogP contribution in [0.5, 0.6) is 0 Å². The van der Waals surface area contributed by atoms with Gasteiger partial charge in [-0.1, -0.05) is 6.92 Å². The number of thiazole rings is 1. The molecule has 2 rings (SSSR count). The summed E-state index contributed by atoms with van der Waals surface area (Å²) in [6.45, 7) is 2.02. The third-order valence-corrected chi connectivity index (χ3v) is 2.93. The number of rotatable bonds is 2. The van der Waals surface area contributed by atoms with Crippen LogP contribution in [0, 0.1) is 0 Å². The lowest BCUT2D eigenvalue weighted by Gasteiger charge is -1.98. The SMILES string of the molecule is CCc1nc(C2N=C(N)NC2=O)cs1. The summed E-state index contributed by atoms with van der Waals surface area (Å²) in [5.41, 5.74) is 6.07. The van der Waals surface area contributed by atoms with Gasteiger partial charge in [0.1, 0.15) is 0 Å². The number of nitrogens with one attached hydrogen (secondary N) is 1. The molecule has 14 heavy (non-hydrogen) atoms. The van der Waals surface area contributed by atoms with Crippen LogP contribution in [0.4, 0.5) is 0 Å². The quantitative estimate of drug-likeness (QED) is 0.731. The van der Waals surface area contributed by atoms with Crippen LogP contribution in [0.15, 0.2) is 10.4 Å². The maximum atomic E-state index is 11.3. The van der Waals surface area contributed by atoms with Gasteiger partial charge in [-0.25, -0.2) is 9.98 Å². The fraction of sp³-hybridized carbons (Fsp3) is 0.375. The average molecular weight is 210 g/mol. The molecule has 0 saturated carbocycles. The fourth-order valence-electron chi connectivity index (χ4n) is 1.24. The molecule has 74 valence electrons. The van der Waals surface area contributed by atoms with Gasteiger partial charge < -0.3 is 5.73 Å². The van der Waals surface area contributed by atoms with Crippen molar-refractivity contribution in [1.29, 1.82) is 0 Å². The van der Waals surface area contributed by atoms with E-state index in [0.29, 0.717) is 5.69 Å². The molecule has 0 aromatic carbocycles. The topological polar surface area (TPSA) is 80.4 Å². The van der Waals surface area contributed by atoms with Crippen LogP contribution in [0.25, 0.3) is 0 Å². The first-order valence-corrected chi connectivity index (χ1v) is 5.17. The molecule has 6 heteroatoms. The Balaban J connectivity index is 2.27. The number of carbonyl (C=O) groups is 1. The van der Waals surface area contributed by atoms with Crippen molar-refractivity contribution in [2.24, 2.45) is 10.7 Å². The van der Waals surface area contributed by atoms with Crippen LogP contribution < -0.4 is 11.1 Å². The Morgan fingerprint density at radius 3 is 3.00 bits per heavy atom. The molecule has 1 atom stereocenters. The minimum Gasteiger partial charge on any atom is -0.370 e. The number of amides is 1. The van der Waals surface area contributed by atoms with Gasteiger partial charge in [0.05, 0.1) is 10.7 Å². The molecule has 2 heterocycles.